The third-order valence-corrected chi connectivity index (χ3v) is 5.95. The number of aromatic nitrogens is 1. The normalized spacial score (nSPS) is 15.9. The summed E-state index contributed by atoms with van der Waals surface area (Å²) in [4.78, 5) is 19.0. The maximum atomic E-state index is 12.2. The molecule has 4 rings (SSSR count). The number of aryl methyl sites for hydroxylation is 1. The molecule has 0 spiro atoms. The standard InChI is InChI=1S/C21H23N3O2S/c1-14-2-7-18-19(12-14)27-21(23-18)15-3-5-16(6-4-15)22-20(26)13-24-10-8-17(25)9-11-24/h2-7,12,17,25H,8-11,13H2,1H3,(H,22,26). The fraction of sp³-hybridized carbons (Fsp3) is 0.333. The predicted octanol–water partition coefficient (Wildman–Crippen LogP) is 3.67. The third-order valence-electron chi connectivity index (χ3n) is 4.88. The van der Waals surface area contributed by atoms with Crippen molar-refractivity contribution in [3.8, 4) is 10.6 Å². The molecule has 0 unspecified atom stereocenters. The largest absolute Gasteiger partial charge is 0.393 e. The molecule has 1 aliphatic heterocycles. The van der Waals surface area contributed by atoms with E-state index in [2.05, 4.69) is 35.3 Å². The van der Waals surface area contributed by atoms with E-state index in [-0.39, 0.29) is 12.0 Å². The first-order valence-corrected chi connectivity index (χ1v) is 10.1. The van der Waals surface area contributed by atoms with Crippen LogP contribution in [0, 0.1) is 6.92 Å². The van der Waals surface area contributed by atoms with Crippen molar-refractivity contribution in [3.05, 3.63) is 48.0 Å². The Morgan fingerprint density at radius 3 is 2.70 bits per heavy atom. The molecule has 1 fully saturated rings. The number of aliphatic hydroxyl groups excluding tert-OH is 1. The van der Waals surface area contributed by atoms with Gasteiger partial charge in [0, 0.05) is 24.3 Å². The number of carbonyl (C=O) groups excluding carboxylic acids is 1. The number of nitrogens with one attached hydrogen (secondary N) is 1. The van der Waals surface area contributed by atoms with Crippen LogP contribution in [0.3, 0.4) is 0 Å². The molecule has 0 atom stereocenters. The first-order valence-electron chi connectivity index (χ1n) is 9.25. The first kappa shape index (κ1) is 18.1. The van der Waals surface area contributed by atoms with E-state index in [1.54, 1.807) is 11.3 Å². The number of rotatable bonds is 4. The molecule has 2 N–H and O–H groups in total. The van der Waals surface area contributed by atoms with Crippen molar-refractivity contribution in [2.24, 2.45) is 0 Å². The Hall–Kier alpha value is -2.28. The quantitative estimate of drug-likeness (QED) is 0.724. The molecule has 1 amide bonds. The van der Waals surface area contributed by atoms with Crippen LogP contribution in [0.15, 0.2) is 42.5 Å². The predicted molar refractivity (Wildman–Crippen MR) is 110 cm³/mol. The highest BCUT2D eigenvalue weighted by Gasteiger charge is 2.19. The van der Waals surface area contributed by atoms with Gasteiger partial charge in [-0.1, -0.05) is 6.07 Å². The summed E-state index contributed by atoms with van der Waals surface area (Å²) in [7, 11) is 0. The molecule has 0 radical (unpaired) electrons. The number of hydrogen-bond acceptors (Lipinski definition) is 5. The van der Waals surface area contributed by atoms with E-state index >= 15 is 0 Å². The van der Waals surface area contributed by atoms with Gasteiger partial charge in [-0.25, -0.2) is 4.98 Å². The van der Waals surface area contributed by atoms with Crippen molar-refractivity contribution in [3.63, 3.8) is 0 Å². The van der Waals surface area contributed by atoms with Gasteiger partial charge in [0.1, 0.15) is 5.01 Å². The van der Waals surface area contributed by atoms with Crippen LogP contribution in [0.2, 0.25) is 0 Å². The van der Waals surface area contributed by atoms with E-state index in [1.807, 2.05) is 24.3 Å². The number of carbonyl (C=O) groups is 1. The topological polar surface area (TPSA) is 65.5 Å². The van der Waals surface area contributed by atoms with E-state index in [1.165, 1.54) is 10.3 Å². The molecule has 1 saturated heterocycles. The third kappa shape index (κ3) is 4.35. The molecular formula is C21H23N3O2S. The van der Waals surface area contributed by atoms with Crippen molar-refractivity contribution in [2.75, 3.05) is 25.0 Å². The van der Waals surface area contributed by atoms with Gasteiger partial charge in [-0.05, 0) is 61.7 Å². The molecule has 2 heterocycles. The minimum absolute atomic E-state index is 0.0189. The highest BCUT2D eigenvalue weighted by atomic mass is 32.1. The lowest BCUT2D eigenvalue weighted by Crippen LogP contribution is -2.40. The molecular weight excluding hydrogens is 358 g/mol. The number of nitrogens with zero attached hydrogens (tertiary/aromatic N) is 2. The number of fused-ring (bicyclic) bond motifs is 1. The van der Waals surface area contributed by atoms with Gasteiger partial charge < -0.3 is 10.4 Å². The van der Waals surface area contributed by atoms with Gasteiger partial charge in [-0.3, -0.25) is 9.69 Å². The zero-order valence-electron chi connectivity index (χ0n) is 15.3. The van der Waals surface area contributed by atoms with Crippen molar-refractivity contribution in [1.29, 1.82) is 0 Å². The zero-order valence-corrected chi connectivity index (χ0v) is 16.1. The second kappa shape index (κ2) is 7.76. The lowest BCUT2D eigenvalue weighted by molar-refractivity contribution is -0.117. The molecule has 3 aromatic rings. The van der Waals surface area contributed by atoms with E-state index in [0.717, 1.165) is 47.7 Å². The van der Waals surface area contributed by atoms with Crippen molar-refractivity contribution in [1.82, 2.24) is 9.88 Å². The minimum atomic E-state index is -0.219. The van der Waals surface area contributed by atoms with E-state index in [4.69, 9.17) is 4.98 Å². The van der Waals surface area contributed by atoms with Crippen LogP contribution in [0.4, 0.5) is 5.69 Å². The number of anilines is 1. The molecule has 0 aliphatic carbocycles. The van der Waals surface area contributed by atoms with Crippen molar-refractivity contribution < 1.29 is 9.90 Å². The maximum Gasteiger partial charge on any atom is 0.238 e. The molecule has 1 aromatic heterocycles. The Balaban J connectivity index is 1.40. The minimum Gasteiger partial charge on any atom is -0.393 e. The molecule has 0 bridgehead atoms. The number of piperidine rings is 1. The maximum absolute atomic E-state index is 12.2. The Kier molecular flexibility index (Phi) is 5.20. The number of thiazole rings is 1. The van der Waals surface area contributed by atoms with Gasteiger partial charge in [0.05, 0.1) is 22.9 Å². The summed E-state index contributed by atoms with van der Waals surface area (Å²) in [5.41, 5.74) is 4.10. The average molecular weight is 382 g/mol. The number of benzene rings is 2. The molecule has 6 heteroatoms. The van der Waals surface area contributed by atoms with Crippen LogP contribution in [0.25, 0.3) is 20.8 Å². The Morgan fingerprint density at radius 2 is 1.96 bits per heavy atom. The molecule has 2 aromatic carbocycles. The van der Waals surface area contributed by atoms with Gasteiger partial charge in [0.25, 0.3) is 0 Å². The summed E-state index contributed by atoms with van der Waals surface area (Å²) in [6, 6.07) is 14.1. The molecule has 5 nitrogen and oxygen atoms in total. The van der Waals surface area contributed by atoms with Crippen LogP contribution < -0.4 is 5.32 Å². The summed E-state index contributed by atoms with van der Waals surface area (Å²) >= 11 is 1.68. The van der Waals surface area contributed by atoms with Gasteiger partial charge in [-0.15, -0.1) is 11.3 Å². The summed E-state index contributed by atoms with van der Waals surface area (Å²) in [6.07, 6.45) is 1.26. The fourth-order valence-corrected chi connectivity index (χ4v) is 4.40. The summed E-state index contributed by atoms with van der Waals surface area (Å²) in [5, 5.41) is 13.5. The van der Waals surface area contributed by atoms with E-state index < -0.39 is 0 Å². The fourth-order valence-electron chi connectivity index (χ4n) is 3.33. The molecule has 0 saturated carbocycles. The molecule has 1 aliphatic rings. The lowest BCUT2D eigenvalue weighted by Gasteiger charge is -2.28. The Bertz CT molecular complexity index is 944. The van der Waals surface area contributed by atoms with Gasteiger partial charge in [0.15, 0.2) is 0 Å². The van der Waals surface area contributed by atoms with Crippen LogP contribution in [0.5, 0.6) is 0 Å². The zero-order chi connectivity index (χ0) is 18.8. The van der Waals surface area contributed by atoms with Crippen LogP contribution in [0.1, 0.15) is 18.4 Å². The number of amides is 1. The van der Waals surface area contributed by atoms with Crippen LogP contribution in [-0.2, 0) is 4.79 Å². The van der Waals surface area contributed by atoms with E-state index in [0.29, 0.717) is 6.54 Å². The van der Waals surface area contributed by atoms with Crippen LogP contribution >= 0.6 is 11.3 Å². The molecule has 140 valence electrons. The summed E-state index contributed by atoms with van der Waals surface area (Å²) in [6.45, 7) is 3.99. The van der Waals surface area contributed by atoms with Gasteiger partial charge in [-0.2, -0.15) is 0 Å². The van der Waals surface area contributed by atoms with Crippen LogP contribution in [-0.4, -0.2) is 46.6 Å². The first-order chi connectivity index (χ1) is 13.1. The Morgan fingerprint density at radius 1 is 1.22 bits per heavy atom. The SMILES string of the molecule is Cc1ccc2nc(-c3ccc(NC(=O)CN4CCC(O)CC4)cc3)sc2c1. The van der Waals surface area contributed by atoms with Gasteiger partial charge >= 0.3 is 0 Å². The number of aliphatic hydroxyl groups is 1. The summed E-state index contributed by atoms with van der Waals surface area (Å²) in [5.74, 6) is -0.0189. The smallest absolute Gasteiger partial charge is 0.238 e. The lowest BCUT2D eigenvalue weighted by atomic mass is 10.1. The van der Waals surface area contributed by atoms with E-state index in [9.17, 15) is 9.90 Å². The highest BCUT2D eigenvalue weighted by Crippen LogP contribution is 2.31. The monoisotopic (exact) mass is 381 g/mol. The second-order valence-electron chi connectivity index (χ2n) is 7.12. The number of hydrogen-bond donors (Lipinski definition) is 2. The number of likely N-dealkylation sites (tertiary alicyclic amines) is 1. The second-order valence-corrected chi connectivity index (χ2v) is 8.15. The highest BCUT2D eigenvalue weighted by molar-refractivity contribution is 7.21. The van der Waals surface area contributed by atoms with Gasteiger partial charge in [0.2, 0.25) is 5.91 Å². The Labute approximate surface area is 162 Å². The van der Waals surface area contributed by atoms with Crippen molar-refractivity contribution in [2.45, 2.75) is 25.9 Å². The van der Waals surface area contributed by atoms with Crippen molar-refractivity contribution >= 4 is 33.1 Å². The average Bonchev–Trinajstić information content (AvgIpc) is 3.07. The molecule has 27 heavy (non-hydrogen) atoms. The summed E-state index contributed by atoms with van der Waals surface area (Å²) < 4.78 is 1.19.